The first-order chi connectivity index (χ1) is 7.56. The highest BCUT2D eigenvalue weighted by Gasteiger charge is 2.12. The Morgan fingerprint density at radius 3 is 2.56 bits per heavy atom. The van der Waals surface area contributed by atoms with Gasteiger partial charge in [-0.1, -0.05) is 50.4 Å². The Morgan fingerprint density at radius 2 is 2.00 bits per heavy atom. The maximum Gasteiger partial charge on any atom is 0.0435 e. The van der Waals surface area contributed by atoms with Crippen LogP contribution in [0.4, 0.5) is 0 Å². The van der Waals surface area contributed by atoms with Gasteiger partial charge in [-0.25, -0.2) is 0 Å². The highest BCUT2D eigenvalue weighted by molar-refractivity contribution is 6.31. The first-order valence-electron chi connectivity index (χ1n) is 5.80. The Balaban J connectivity index is 2.87. The molecule has 0 nitrogen and oxygen atoms in total. The lowest BCUT2D eigenvalue weighted by Crippen LogP contribution is -2.04. The zero-order valence-electron chi connectivity index (χ0n) is 10.5. The van der Waals surface area contributed by atoms with Crippen LogP contribution in [0, 0.1) is 24.7 Å². The lowest BCUT2D eigenvalue weighted by Gasteiger charge is -2.16. The van der Waals surface area contributed by atoms with Crippen molar-refractivity contribution < 1.29 is 0 Å². The van der Waals surface area contributed by atoms with Crippen LogP contribution >= 0.6 is 11.6 Å². The molecular formula is C15H19Cl. The molecule has 2 unspecified atom stereocenters. The molecule has 0 aliphatic heterocycles. The van der Waals surface area contributed by atoms with Gasteiger partial charge in [-0.3, -0.25) is 0 Å². The van der Waals surface area contributed by atoms with Gasteiger partial charge in [0.1, 0.15) is 0 Å². The Labute approximate surface area is 104 Å². The average molecular weight is 235 g/mol. The summed E-state index contributed by atoms with van der Waals surface area (Å²) in [4.78, 5) is 0. The minimum atomic E-state index is 0.389. The van der Waals surface area contributed by atoms with Crippen LogP contribution < -0.4 is 0 Å². The van der Waals surface area contributed by atoms with E-state index < -0.39 is 0 Å². The van der Waals surface area contributed by atoms with Gasteiger partial charge in [0.2, 0.25) is 0 Å². The molecule has 0 fully saturated rings. The highest BCUT2D eigenvalue weighted by Crippen LogP contribution is 2.26. The van der Waals surface area contributed by atoms with Gasteiger partial charge < -0.3 is 0 Å². The van der Waals surface area contributed by atoms with E-state index in [0.717, 1.165) is 17.0 Å². The Morgan fingerprint density at radius 1 is 1.31 bits per heavy atom. The second-order valence-corrected chi connectivity index (χ2v) is 4.67. The summed E-state index contributed by atoms with van der Waals surface area (Å²) in [6.45, 7) is 8.52. The fraction of sp³-hybridized carbons (Fsp3) is 0.467. The molecule has 1 heteroatoms. The monoisotopic (exact) mass is 234 g/mol. The molecule has 2 atom stereocenters. The van der Waals surface area contributed by atoms with Crippen molar-refractivity contribution in [3.8, 4) is 11.8 Å². The van der Waals surface area contributed by atoms with Gasteiger partial charge in [-0.15, -0.1) is 5.92 Å². The molecule has 0 aliphatic carbocycles. The smallest absolute Gasteiger partial charge is 0.0435 e. The molecule has 0 saturated heterocycles. The van der Waals surface area contributed by atoms with Crippen LogP contribution in [-0.4, -0.2) is 0 Å². The summed E-state index contributed by atoms with van der Waals surface area (Å²) in [6.07, 6.45) is 0.927. The van der Waals surface area contributed by atoms with Crippen LogP contribution in [-0.2, 0) is 0 Å². The Kier molecular flexibility index (Phi) is 4.90. The minimum Gasteiger partial charge on any atom is -0.103 e. The normalized spacial score (nSPS) is 13.8. The number of hydrogen-bond acceptors (Lipinski definition) is 0. The molecule has 0 aromatic heterocycles. The molecular weight excluding hydrogens is 216 g/mol. The van der Waals surface area contributed by atoms with Crippen molar-refractivity contribution in [1.29, 1.82) is 0 Å². The summed E-state index contributed by atoms with van der Waals surface area (Å²) >= 11 is 6.02. The number of rotatable bonds is 2. The third-order valence-corrected chi connectivity index (χ3v) is 3.39. The third-order valence-electron chi connectivity index (χ3n) is 2.96. The molecule has 0 saturated carbocycles. The predicted octanol–water partition coefficient (Wildman–Crippen LogP) is 4.80. The maximum atomic E-state index is 6.02. The summed E-state index contributed by atoms with van der Waals surface area (Å²) in [6, 6.07) is 6.24. The standard InChI is InChI=1S/C15H19Cl/c1-5-6-7-11(2)13(4)14-8-9-15(16)12(3)10-14/h8-11,13H,5H2,1-4H3. The molecule has 0 amide bonds. The Hall–Kier alpha value is -0.930. The van der Waals surface area contributed by atoms with E-state index in [1.54, 1.807) is 0 Å². The van der Waals surface area contributed by atoms with Crippen LogP contribution in [0.5, 0.6) is 0 Å². The van der Waals surface area contributed by atoms with E-state index in [4.69, 9.17) is 11.6 Å². The van der Waals surface area contributed by atoms with E-state index in [9.17, 15) is 0 Å². The molecule has 16 heavy (non-hydrogen) atoms. The molecule has 0 radical (unpaired) electrons. The van der Waals surface area contributed by atoms with Crippen molar-refractivity contribution in [2.75, 3.05) is 0 Å². The summed E-state index contributed by atoms with van der Waals surface area (Å²) < 4.78 is 0. The minimum absolute atomic E-state index is 0.389. The number of aryl methyl sites for hydroxylation is 1. The first kappa shape index (κ1) is 13.1. The summed E-state index contributed by atoms with van der Waals surface area (Å²) in [5, 5.41) is 0.836. The molecule has 86 valence electrons. The Bertz CT molecular complexity index is 409. The van der Waals surface area contributed by atoms with Gasteiger partial charge in [0.25, 0.3) is 0 Å². The van der Waals surface area contributed by atoms with Crippen molar-refractivity contribution in [3.63, 3.8) is 0 Å². The van der Waals surface area contributed by atoms with Crippen LogP contribution in [0.1, 0.15) is 44.2 Å². The van der Waals surface area contributed by atoms with Crippen molar-refractivity contribution >= 4 is 11.6 Å². The lowest BCUT2D eigenvalue weighted by molar-refractivity contribution is 0.609. The molecule has 1 aromatic rings. The highest BCUT2D eigenvalue weighted by atomic mass is 35.5. The molecule has 0 heterocycles. The fourth-order valence-corrected chi connectivity index (χ4v) is 1.75. The zero-order valence-corrected chi connectivity index (χ0v) is 11.2. The van der Waals surface area contributed by atoms with Crippen LogP contribution in [0.25, 0.3) is 0 Å². The van der Waals surface area contributed by atoms with E-state index in [1.807, 2.05) is 13.0 Å². The average Bonchev–Trinajstić information content (AvgIpc) is 2.28. The van der Waals surface area contributed by atoms with Crippen molar-refractivity contribution in [2.24, 2.45) is 5.92 Å². The van der Waals surface area contributed by atoms with Gasteiger partial charge in [0.15, 0.2) is 0 Å². The zero-order chi connectivity index (χ0) is 12.1. The fourth-order valence-electron chi connectivity index (χ4n) is 1.63. The number of hydrogen-bond donors (Lipinski definition) is 0. The largest absolute Gasteiger partial charge is 0.103 e. The van der Waals surface area contributed by atoms with Crippen molar-refractivity contribution in [1.82, 2.24) is 0 Å². The first-order valence-corrected chi connectivity index (χ1v) is 6.18. The van der Waals surface area contributed by atoms with E-state index in [1.165, 1.54) is 5.56 Å². The molecule has 0 N–H and O–H groups in total. The van der Waals surface area contributed by atoms with Crippen LogP contribution in [0.3, 0.4) is 0 Å². The SMILES string of the molecule is CCC#CC(C)C(C)c1ccc(Cl)c(C)c1. The molecule has 0 aliphatic rings. The molecule has 0 spiro atoms. The van der Waals surface area contributed by atoms with Gasteiger partial charge in [0, 0.05) is 17.4 Å². The lowest BCUT2D eigenvalue weighted by atomic mass is 9.88. The van der Waals surface area contributed by atoms with E-state index in [2.05, 4.69) is 44.7 Å². The van der Waals surface area contributed by atoms with Crippen molar-refractivity contribution in [3.05, 3.63) is 34.3 Å². The number of benzene rings is 1. The van der Waals surface area contributed by atoms with Crippen LogP contribution in [0.2, 0.25) is 5.02 Å². The predicted molar refractivity (Wildman–Crippen MR) is 71.8 cm³/mol. The van der Waals surface area contributed by atoms with Gasteiger partial charge in [-0.2, -0.15) is 0 Å². The topological polar surface area (TPSA) is 0 Å². The van der Waals surface area contributed by atoms with Gasteiger partial charge in [-0.05, 0) is 30.0 Å². The van der Waals surface area contributed by atoms with Gasteiger partial charge in [0.05, 0.1) is 0 Å². The van der Waals surface area contributed by atoms with Gasteiger partial charge >= 0.3 is 0 Å². The van der Waals surface area contributed by atoms with E-state index in [-0.39, 0.29) is 0 Å². The summed E-state index contributed by atoms with van der Waals surface area (Å²) in [5.74, 6) is 7.27. The third kappa shape index (κ3) is 3.29. The molecule has 0 bridgehead atoms. The second kappa shape index (κ2) is 5.97. The summed E-state index contributed by atoms with van der Waals surface area (Å²) in [5.41, 5.74) is 2.46. The van der Waals surface area contributed by atoms with Crippen LogP contribution in [0.15, 0.2) is 18.2 Å². The van der Waals surface area contributed by atoms with E-state index in [0.29, 0.717) is 11.8 Å². The number of halogens is 1. The molecule has 1 rings (SSSR count). The van der Waals surface area contributed by atoms with E-state index >= 15 is 0 Å². The van der Waals surface area contributed by atoms with Crippen molar-refractivity contribution in [2.45, 2.75) is 40.0 Å². The quantitative estimate of drug-likeness (QED) is 0.645. The summed E-state index contributed by atoms with van der Waals surface area (Å²) in [7, 11) is 0. The molecule has 1 aromatic carbocycles. The maximum absolute atomic E-state index is 6.02. The second-order valence-electron chi connectivity index (χ2n) is 4.26.